The quantitative estimate of drug-likeness (QED) is 0.655. The van der Waals surface area contributed by atoms with Gasteiger partial charge in [0, 0.05) is 10.6 Å². The number of amides is 1. The molecule has 3 rings (SSSR count). The molecule has 0 radical (unpaired) electrons. The van der Waals surface area contributed by atoms with Gasteiger partial charge in [0.2, 0.25) is 0 Å². The summed E-state index contributed by atoms with van der Waals surface area (Å²) in [6.45, 7) is 0. The van der Waals surface area contributed by atoms with Crippen molar-refractivity contribution in [3.63, 3.8) is 0 Å². The van der Waals surface area contributed by atoms with E-state index in [1.165, 1.54) is 6.07 Å². The number of anilines is 2. The van der Waals surface area contributed by atoms with Gasteiger partial charge in [0.25, 0.3) is 15.9 Å². The van der Waals surface area contributed by atoms with Gasteiger partial charge in [-0.15, -0.1) is 0 Å². The summed E-state index contributed by atoms with van der Waals surface area (Å²) < 4.78 is 40.4. The summed E-state index contributed by atoms with van der Waals surface area (Å²) in [5, 5.41) is 3.16. The first-order chi connectivity index (χ1) is 12.8. The Morgan fingerprint density at radius 2 is 1.44 bits per heavy atom. The third-order valence-corrected chi connectivity index (χ3v) is 5.28. The first-order valence-electron chi connectivity index (χ1n) is 7.79. The summed E-state index contributed by atoms with van der Waals surface area (Å²) in [4.78, 5) is 12.3. The van der Waals surface area contributed by atoms with E-state index < -0.39 is 21.7 Å². The van der Waals surface area contributed by atoms with Crippen LogP contribution in [0.2, 0.25) is 5.02 Å². The lowest BCUT2D eigenvalue weighted by molar-refractivity contribution is 0.102. The topological polar surface area (TPSA) is 75.3 Å². The first-order valence-corrected chi connectivity index (χ1v) is 9.65. The number of hydrogen-bond donors (Lipinski definition) is 2. The van der Waals surface area contributed by atoms with Crippen molar-refractivity contribution in [1.82, 2.24) is 0 Å². The van der Waals surface area contributed by atoms with Crippen LogP contribution in [0.1, 0.15) is 10.4 Å². The van der Waals surface area contributed by atoms with Gasteiger partial charge in [-0.3, -0.25) is 9.52 Å². The Morgan fingerprint density at radius 1 is 0.852 bits per heavy atom. The lowest BCUT2D eigenvalue weighted by Gasteiger charge is -2.13. The molecule has 0 saturated heterocycles. The van der Waals surface area contributed by atoms with Crippen LogP contribution >= 0.6 is 11.6 Å². The van der Waals surface area contributed by atoms with Crippen molar-refractivity contribution >= 4 is 38.9 Å². The Morgan fingerprint density at radius 3 is 2.07 bits per heavy atom. The van der Waals surface area contributed by atoms with Crippen molar-refractivity contribution in [2.45, 2.75) is 4.90 Å². The van der Waals surface area contributed by atoms with E-state index in [9.17, 15) is 17.6 Å². The molecule has 138 valence electrons. The number of nitrogens with one attached hydrogen (secondary N) is 2. The minimum absolute atomic E-state index is 0.0947. The Hall–Kier alpha value is -2.90. The second-order valence-electron chi connectivity index (χ2n) is 5.57. The Kier molecular flexibility index (Phi) is 5.43. The smallest absolute Gasteiger partial charge is 0.261 e. The molecule has 0 heterocycles. The lowest BCUT2D eigenvalue weighted by atomic mass is 10.2. The van der Waals surface area contributed by atoms with Gasteiger partial charge in [-0.1, -0.05) is 23.7 Å². The second-order valence-corrected chi connectivity index (χ2v) is 7.68. The van der Waals surface area contributed by atoms with Crippen molar-refractivity contribution < 1.29 is 17.6 Å². The van der Waals surface area contributed by atoms with E-state index in [2.05, 4.69) is 10.0 Å². The van der Waals surface area contributed by atoms with Crippen LogP contribution in [0, 0.1) is 5.82 Å². The second kappa shape index (κ2) is 7.77. The zero-order valence-electron chi connectivity index (χ0n) is 13.8. The number of para-hydroxylation sites is 2. The molecular weight excluding hydrogens is 391 g/mol. The molecule has 0 aliphatic carbocycles. The number of rotatable bonds is 5. The minimum atomic E-state index is -3.94. The molecule has 0 unspecified atom stereocenters. The maximum Gasteiger partial charge on any atom is 0.261 e. The van der Waals surface area contributed by atoms with Gasteiger partial charge >= 0.3 is 0 Å². The number of carbonyl (C=O) groups excluding carboxylic acids is 1. The standard InChI is InChI=1S/C19H14ClFN2O3S/c20-14-7-5-13(6-8-14)19(24)22-17-3-1-2-4-18(17)23-27(25,26)16-11-9-15(21)10-12-16/h1-12,23H,(H,22,24). The molecule has 0 fully saturated rings. The molecular formula is C19H14ClFN2O3S. The molecule has 2 N–H and O–H groups in total. The Balaban J connectivity index is 1.84. The van der Waals surface area contributed by atoms with Crippen LogP contribution in [0.25, 0.3) is 0 Å². The summed E-state index contributed by atoms with van der Waals surface area (Å²) in [5.41, 5.74) is 0.836. The van der Waals surface area contributed by atoms with Gasteiger partial charge in [0.15, 0.2) is 0 Å². The highest BCUT2D eigenvalue weighted by molar-refractivity contribution is 7.92. The fraction of sp³-hybridized carbons (Fsp3) is 0. The lowest BCUT2D eigenvalue weighted by Crippen LogP contribution is -2.17. The van der Waals surface area contributed by atoms with Crippen LogP contribution in [0.3, 0.4) is 0 Å². The van der Waals surface area contributed by atoms with Crippen LogP contribution in [0.4, 0.5) is 15.8 Å². The van der Waals surface area contributed by atoms with Crippen molar-refractivity contribution in [2.24, 2.45) is 0 Å². The number of hydrogen-bond acceptors (Lipinski definition) is 3. The summed E-state index contributed by atoms with van der Waals surface area (Å²) in [5.74, 6) is -0.954. The molecule has 0 bridgehead atoms. The maximum atomic E-state index is 13.0. The normalized spacial score (nSPS) is 11.0. The highest BCUT2D eigenvalue weighted by atomic mass is 35.5. The fourth-order valence-corrected chi connectivity index (χ4v) is 3.50. The largest absolute Gasteiger partial charge is 0.320 e. The molecule has 0 aromatic heterocycles. The van der Waals surface area contributed by atoms with E-state index in [1.54, 1.807) is 42.5 Å². The van der Waals surface area contributed by atoms with E-state index >= 15 is 0 Å². The number of benzene rings is 3. The van der Waals surface area contributed by atoms with E-state index in [0.717, 1.165) is 24.3 Å². The van der Waals surface area contributed by atoms with E-state index in [-0.39, 0.29) is 16.3 Å². The van der Waals surface area contributed by atoms with Crippen LogP contribution in [-0.2, 0) is 10.0 Å². The molecule has 27 heavy (non-hydrogen) atoms. The van der Waals surface area contributed by atoms with Gasteiger partial charge in [-0.25, -0.2) is 12.8 Å². The number of carbonyl (C=O) groups is 1. The molecule has 8 heteroatoms. The highest BCUT2D eigenvalue weighted by Gasteiger charge is 2.17. The van der Waals surface area contributed by atoms with E-state index in [4.69, 9.17) is 11.6 Å². The highest BCUT2D eigenvalue weighted by Crippen LogP contribution is 2.25. The molecule has 0 aliphatic heterocycles. The van der Waals surface area contributed by atoms with Crippen LogP contribution in [0.5, 0.6) is 0 Å². The van der Waals surface area contributed by atoms with E-state index in [0.29, 0.717) is 10.6 Å². The average Bonchev–Trinajstić information content (AvgIpc) is 2.64. The van der Waals surface area contributed by atoms with Crippen molar-refractivity contribution in [2.75, 3.05) is 10.0 Å². The van der Waals surface area contributed by atoms with Crippen LogP contribution in [-0.4, -0.2) is 14.3 Å². The third-order valence-electron chi connectivity index (χ3n) is 3.65. The third kappa shape index (κ3) is 4.64. The summed E-state index contributed by atoms with van der Waals surface area (Å²) in [6, 6.07) is 17.1. The summed E-state index contributed by atoms with van der Waals surface area (Å²) in [6.07, 6.45) is 0. The van der Waals surface area contributed by atoms with Crippen molar-refractivity contribution in [3.05, 3.63) is 89.2 Å². The predicted octanol–water partition coefficient (Wildman–Crippen LogP) is 4.53. The van der Waals surface area contributed by atoms with Gasteiger partial charge in [0.05, 0.1) is 16.3 Å². The molecule has 0 aliphatic rings. The predicted molar refractivity (Wildman–Crippen MR) is 103 cm³/mol. The number of sulfonamides is 1. The molecule has 0 spiro atoms. The number of halogens is 2. The molecule has 5 nitrogen and oxygen atoms in total. The van der Waals surface area contributed by atoms with Gasteiger partial charge < -0.3 is 5.32 Å². The summed E-state index contributed by atoms with van der Waals surface area (Å²) in [7, 11) is -3.94. The Labute approximate surface area is 160 Å². The van der Waals surface area contributed by atoms with Crippen molar-refractivity contribution in [3.8, 4) is 0 Å². The molecule has 3 aromatic carbocycles. The monoisotopic (exact) mass is 404 g/mol. The van der Waals surface area contributed by atoms with Crippen molar-refractivity contribution in [1.29, 1.82) is 0 Å². The maximum absolute atomic E-state index is 13.0. The molecule has 3 aromatic rings. The SMILES string of the molecule is O=C(Nc1ccccc1NS(=O)(=O)c1ccc(F)cc1)c1ccc(Cl)cc1. The van der Waals surface area contributed by atoms with Gasteiger partial charge in [0.1, 0.15) is 5.82 Å². The van der Waals surface area contributed by atoms with Gasteiger partial charge in [-0.05, 0) is 60.7 Å². The molecule has 0 saturated carbocycles. The fourth-order valence-electron chi connectivity index (χ4n) is 2.29. The Bertz CT molecular complexity index is 1070. The molecule has 1 amide bonds. The average molecular weight is 405 g/mol. The van der Waals surface area contributed by atoms with Crippen LogP contribution < -0.4 is 10.0 Å². The zero-order chi connectivity index (χ0) is 19.4. The van der Waals surface area contributed by atoms with Crippen LogP contribution in [0.15, 0.2) is 77.7 Å². The first kappa shape index (κ1) is 18.9. The molecule has 0 atom stereocenters. The summed E-state index contributed by atoms with van der Waals surface area (Å²) >= 11 is 5.81. The van der Waals surface area contributed by atoms with Gasteiger partial charge in [-0.2, -0.15) is 0 Å². The minimum Gasteiger partial charge on any atom is -0.320 e. The zero-order valence-corrected chi connectivity index (χ0v) is 15.4. The van der Waals surface area contributed by atoms with E-state index in [1.807, 2.05) is 0 Å².